The molecule has 2 fully saturated rings. The van der Waals surface area contributed by atoms with E-state index in [4.69, 9.17) is 4.74 Å². The largest absolute Gasteiger partial charge is 0.383 e. The molecule has 1 N–H and O–H groups in total. The van der Waals surface area contributed by atoms with Gasteiger partial charge in [-0.15, -0.1) is 0 Å². The number of rotatable bonds is 7. The molecule has 1 atom stereocenters. The number of ether oxygens (including phenoxy) is 1. The van der Waals surface area contributed by atoms with Crippen LogP contribution in [0.2, 0.25) is 0 Å². The number of carbonyl (C=O) groups is 1. The fraction of sp³-hybridized carbons (Fsp3) is 0.650. The first kappa shape index (κ1) is 18.9. The molecule has 1 aromatic carbocycles. The number of methoxy groups -OCH3 is 1. The van der Waals surface area contributed by atoms with Crippen molar-refractivity contribution < 1.29 is 9.53 Å². The van der Waals surface area contributed by atoms with E-state index >= 15 is 0 Å². The predicted molar refractivity (Wildman–Crippen MR) is 104 cm³/mol. The minimum atomic E-state index is -0.324. The van der Waals surface area contributed by atoms with Gasteiger partial charge in [0.15, 0.2) is 0 Å². The van der Waals surface area contributed by atoms with Crippen molar-refractivity contribution >= 4 is 21.8 Å². The first-order valence-electron chi connectivity index (χ1n) is 9.40. The molecule has 1 aliphatic heterocycles. The van der Waals surface area contributed by atoms with Crippen molar-refractivity contribution in [3.63, 3.8) is 0 Å². The summed E-state index contributed by atoms with van der Waals surface area (Å²) >= 11 is 3.49. The molecule has 25 heavy (non-hydrogen) atoms. The molecular formula is C20H29BrN2O2. The lowest BCUT2D eigenvalue weighted by Crippen LogP contribution is -2.44. The van der Waals surface area contributed by atoms with Crippen LogP contribution < -0.4 is 5.32 Å². The van der Waals surface area contributed by atoms with Gasteiger partial charge in [0.2, 0.25) is 5.91 Å². The summed E-state index contributed by atoms with van der Waals surface area (Å²) in [4.78, 5) is 15.5. The SMILES string of the molecule is COCCN1CC[C@H](CNC(=O)C2(c3ccc(Br)cc3)CCCC2)C1. The molecule has 138 valence electrons. The summed E-state index contributed by atoms with van der Waals surface area (Å²) in [6.07, 6.45) is 5.36. The highest BCUT2D eigenvalue weighted by molar-refractivity contribution is 9.10. The summed E-state index contributed by atoms with van der Waals surface area (Å²) in [5.74, 6) is 0.784. The third-order valence-corrected chi connectivity index (χ3v) is 6.35. The summed E-state index contributed by atoms with van der Waals surface area (Å²) < 4.78 is 6.22. The lowest BCUT2D eigenvalue weighted by molar-refractivity contribution is -0.126. The third kappa shape index (κ3) is 4.44. The number of nitrogens with zero attached hydrogens (tertiary/aromatic N) is 1. The van der Waals surface area contributed by atoms with Crippen LogP contribution in [-0.4, -0.2) is 50.7 Å². The molecule has 4 nitrogen and oxygen atoms in total. The Morgan fingerprint density at radius 3 is 2.72 bits per heavy atom. The molecule has 1 aliphatic carbocycles. The molecule has 0 aromatic heterocycles. The molecule has 2 aliphatic rings. The van der Waals surface area contributed by atoms with E-state index in [0.29, 0.717) is 5.92 Å². The van der Waals surface area contributed by atoms with Crippen molar-refractivity contribution in [1.29, 1.82) is 0 Å². The Kier molecular flexibility index (Phi) is 6.53. The number of nitrogens with one attached hydrogen (secondary N) is 1. The zero-order chi connectivity index (χ0) is 17.7. The zero-order valence-electron chi connectivity index (χ0n) is 15.1. The van der Waals surface area contributed by atoms with E-state index in [1.807, 2.05) is 12.1 Å². The lowest BCUT2D eigenvalue weighted by Gasteiger charge is -2.29. The first-order valence-corrected chi connectivity index (χ1v) is 10.2. The van der Waals surface area contributed by atoms with Gasteiger partial charge in [0, 0.05) is 31.2 Å². The smallest absolute Gasteiger partial charge is 0.230 e. The van der Waals surface area contributed by atoms with Gasteiger partial charge in [-0.25, -0.2) is 0 Å². The van der Waals surface area contributed by atoms with Gasteiger partial charge in [0.1, 0.15) is 0 Å². The number of benzene rings is 1. The first-order chi connectivity index (χ1) is 12.1. The highest BCUT2D eigenvalue weighted by Crippen LogP contribution is 2.41. The Morgan fingerprint density at radius 1 is 1.32 bits per heavy atom. The van der Waals surface area contributed by atoms with Crippen LogP contribution in [0.3, 0.4) is 0 Å². The maximum absolute atomic E-state index is 13.1. The average Bonchev–Trinajstić information content (AvgIpc) is 3.29. The summed E-state index contributed by atoms with van der Waals surface area (Å²) in [5, 5.41) is 3.29. The lowest BCUT2D eigenvalue weighted by atomic mass is 9.78. The molecule has 1 saturated carbocycles. The number of carbonyl (C=O) groups excluding carboxylic acids is 1. The van der Waals surface area contributed by atoms with E-state index in [1.165, 1.54) is 5.56 Å². The molecule has 1 saturated heterocycles. The number of hydrogen-bond acceptors (Lipinski definition) is 3. The minimum Gasteiger partial charge on any atom is -0.383 e. The van der Waals surface area contributed by atoms with Crippen molar-refractivity contribution in [2.24, 2.45) is 5.92 Å². The predicted octanol–water partition coefficient (Wildman–Crippen LogP) is 3.35. The third-order valence-electron chi connectivity index (χ3n) is 5.82. The van der Waals surface area contributed by atoms with E-state index in [0.717, 1.165) is 69.4 Å². The van der Waals surface area contributed by atoms with Gasteiger partial charge in [-0.1, -0.05) is 40.9 Å². The Labute approximate surface area is 159 Å². The van der Waals surface area contributed by atoms with Crippen LogP contribution in [0.1, 0.15) is 37.7 Å². The fourth-order valence-corrected chi connectivity index (χ4v) is 4.57. The van der Waals surface area contributed by atoms with E-state index < -0.39 is 0 Å². The van der Waals surface area contributed by atoms with Crippen LogP contribution in [0.5, 0.6) is 0 Å². The summed E-state index contributed by atoms with van der Waals surface area (Å²) in [7, 11) is 1.75. The molecule has 1 aromatic rings. The van der Waals surface area contributed by atoms with Crippen LogP contribution >= 0.6 is 15.9 Å². The van der Waals surface area contributed by atoms with Gasteiger partial charge < -0.3 is 15.0 Å². The Hall–Kier alpha value is -0.910. The van der Waals surface area contributed by atoms with E-state index in [1.54, 1.807) is 7.11 Å². The van der Waals surface area contributed by atoms with Gasteiger partial charge in [-0.05, 0) is 49.4 Å². The second-order valence-electron chi connectivity index (χ2n) is 7.45. The summed E-state index contributed by atoms with van der Waals surface area (Å²) in [6, 6.07) is 8.31. The fourth-order valence-electron chi connectivity index (χ4n) is 4.30. The standard InChI is InChI=1S/C20H29BrN2O2/c1-25-13-12-23-11-8-16(15-23)14-22-19(24)20(9-2-3-10-20)17-4-6-18(21)7-5-17/h4-7,16H,2-3,8-15H2,1H3,(H,22,24)/t16-/m1/s1. The van der Waals surface area contributed by atoms with E-state index in [-0.39, 0.29) is 11.3 Å². The van der Waals surface area contributed by atoms with Gasteiger partial charge >= 0.3 is 0 Å². The number of hydrogen-bond donors (Lipinski definition) is 1. The van der Waals surface area contributed by atoms with Crippen molar-refractivity contribution in [2.75, 3.05) is 39.9 Å². The maximum atomic E-state index is 13.1. The molecule has 0 spiro atoms. The molecule has 0 unspecified atom stereocenters. The van der Waals surface area contributed by atoms with Gasteiger partial charge in [0.05, 0.1) is 12.0 Å². The Morgan fingerprint density at radius 2 is 2.04 bits per heavy atom. The van der Waals surface area contributed by atoms with Crippen molar-refractivity contribution in [3.8, 4) is 0 Å². The second-order valence-corrected chi connectivity index (χ2v) is 8.37. The van der Waals surface area contributed by atoms with Crippen LogP contribution in [0.25, 0.3) is 0 Å². The van der Waals surface area contributed by atoms with Crippen molar-refractivity contribution in [3.05, 3.63) is 34.3 Å². The molecule has 1 heterocycles. The summed E-state index contributed by atoms with van der Waals surface area (Å²) in [5.41, 5.74) is 0.841. The molecule has 3 rings (SSSR count). The van der Waals surface area contributed by atoms with Gasteiger partial charge in [-0.2, -0.15) is 0 Å². The molecule has 0 bridgehead atoms. The van der Waals surface area contributed by atoms with Crippen LogP contribution in [-0.2, 0) is 14.9 Å². The molecule has 5 heteroatoms. The minimum absolute atomic E-state index is 0.225. The van der Waals surface area contributed by atoms with Crippen molar-refractivity contribution in [1.82, 2.24) is 10.2 Å². The number of amides is 1. The highest BCUT2D eigenvalue weighted by Gasteiger charge is 2.42. The Bertz CT molecular complexity index is 570. The Balaban J connectivity index is 1.58. The van der Waals surface area contributed by atoms with Gasteiger partial charge in [-0.3, -0.25) is 4.79 Å². The van der Waals surface area contributed by atoms with Crippen LogP contribution in [0.4, 0.5) is 0 Å². The molecule has 1 amide bonds. The summed E-state index contributed by atoms with van der Waals surface area (Å²) in [6.45, 7) is 4.74. The highest BCUT2D eigenvalue weighted by atomic mass is 79.9. The molecular weight excluding hydrogens is 380 g/mol. The van der Waals surface area contributed by atoms with Crippen LogP contribution in [0.15, 0.2) is 28.7 Å². The van der Waals surface area contributed by atoms with E-state index in [2.05, 4.69) is 38.3 Å². The monoisotopic (exact) mass is 408 g/mol. The van der Waals surface area contributed by atoms with E-state index in [9.17, 15) is 4.79 Å². The molecule has 0 radical (unpaired) electrons. The topological polar surface area (TPSA) is 41.6 Å². The van der Waals surface area contributed by atoms with Crippen LogP contribution in [0, 0.1) is 5.92 Å². The number of halogens is 1. The normalized spacial score (nSPS) is 23.0. The average molecular weight is 409 g/mol. The zero-order valence-corrected chi connectivity index (χ0v) is 16.7. The number of likely N-dealkylation sites (tertiary alicyclic amines) is 1. The van der Waals surface area contributed by atoms with Crippen molar-refractivity contribution in [2.45, 2.75) is 37.5 Å². The maximum Gasteiger partial charge on any atom is 0.230 e. The second kappa shape index (κ2) is 8.65. The quantitative estimate of drug-likeness (QED) is 0.751. The van der Waals surface area contributed by atoms with Gasteiger partial charge in [0.25, 0.3) is 0 Å².